The highest BCUT2D eigenvalue weighted by molar-refractivity contribution is 9.10. The van der Waals surface area contributed by atoms with Gasteiger partial charge in [-0.3, -0.25) is 0 Å². The topological polar surface area (TPSA) is 56.7 Å². The lowest BCUT2D eigenvalue weighted by Gasteiger charge is -2.36. The minimum atomic E-state index is -0.0956. The zero-order chi connectivity index (χ0) is 14.2. The summed E-state index contributed by atoms with van der Waals surface area (Å²) in [5, 5.41) is 8.16. The van der Waals surface area contributed by atoms with Crippen molar-refractivity contribution < 1.29 is 0 Å². The largest absolute Gasteiger partial charge is 0.322 e. The van der Waals surface area contributed by atoms with E-state index in [0.29, 0.717) is 0 Å². The molecule has 0 radical (unpaired) electrons. The summed E-state index contributed by atoms with van der Waals surface area (Å²) < 4.78 is 2.55. The number of benzene rings is 1. The van der Waals surface area contributed by atoms with E-state index in [1.54, 1.807) is 4.68 Å². The fourth-order valence-electron chi connectivity index (χ4n) is 3.49. The minimum Gasteiger partial charge on any atom is -0.322 e. The van der Waals surface area contributed by atoms with E-state index in [4.69, 9.17) is 5.73 Å². The number of hydrogen-bond acceptors (Lipinski definition) is 3. The number of rotatable bonds is 3. The van der Waals surface area contributed by atoms with Crippen LogP contribution in [0.15, 0.2) is 34.9 Å². The van der Waals surface area contributed by atoms with Crippen LogP contribution in [0.2, 0.25) is 0 Å². The summed E-state index contributed by atoms with van der Waals surface area (Å²) in [6, 6.07) is 10.5. The second-order valence-corrected chi connectivity index (χ2v) is 6.35. The first-order valence-electron chi connectivity index (χ1n) is 7.01. The Bertz CT molecular complexity index is 568. The molecule has 20 heavy (non-hydrogen) atoms. The van der Waals surface area contributed by atoms with Gasteiger partial charge in [0.2, 0.25) is 0 Å². The van der Waals surface area contributed by atoms with Gasteiger partial charge in [-0.15, -0.1) is 5.10 Å². The van der Waals surface area contributed by atoms with Crippen LogP contribution in [-0.2, 0) is 12.5 Å². The summed E-state index contributed by atoms with van der Waals surface area (Å²) in [6.45, 7) is 0. The molecule has 0 spiro atoms. The summed E-state index contributed by atoms with van der Waals surface area (Å²) in [7, 11) is 1.90. The highest BCUT2D eigenvalue weighted by Crippen LogP contribution is 2.49. The maximum Gasteiger partial charge on any atom is 0.153 e. The van der Waals surface area contributed by atoms with Gasteiger partial charge < -0.3 is 5.73 Å². The van der Waals surface area contributed by atoms with E-state index in [2.05, 4.69) is 56.6 Å². The van der Waals surface area contributed by atoms with Gasteiger partial charge >= 0.3 is 0 Å². The third-order valence-corrected chi connectivity index (χ3v) is 5.13. The Kier molecular flexibility index (Phi) is 3.65. The number of aromatic nitrogens is 3. The van der Waals surface area contributed by atoms with Crippen LogP contribution in [-0.4, -0.2) is 15.0 Å². The van der Waals surface area contributed by atoms with Crippen molar-refractivity contribution in [2.24, 2.45) is 12.8 Å². The standard InChI is InChI=1S/C15H19BrN4/c1-20-12(14(16)18-19-20)13(17)15(9-5-6-10-15)11-7-3-2-4-8-11/h2-4,7-8,13H,5-6,9-10,17H2,1H3. The zero-order valence-corrected chi connectivity index (χ0v) is 13.2. The number of nitrogens with two attached hydrogens (primary N) is 1. The molecule has 1 unspecified atom stereocenters. The molecular formula is C15H19BrN4. The average molecular weight is 335 g/mol. The molecule has 0 aliphatic heterocycles. The molecule has 3 rings (SSSR count). The maximum absolute atomic E-state index is 6.68. The lowest BCUT2D eigenvalue weighted by atomic mass is 9.72. The summed E-state index contributed by atoms with van der Waals surface area (Å²) in [5.74, 6) is 0. The number of halogens is 1. The molecule has 1 aliphatic carbocycles. The van der Waals surface area contributed by atoms with Crippen LogP contribution in [0.5, 0.6) is 0 Å². The minimum absolute atomic E-state index is 0.000741. The molecule has 4 nitrogen and oxygen atoms in total. The molecule has 0 amide bonds. The molecule has 1 saturated carbocycles. The monoisotopic (exact) mass is 334 g/mol. The lowest BCUT2D eigenvalue weighted by Crippen LogP contribution is -2.37. The number of aryl methyl sites for hydroxylation is 1. The van der Waals surface area contributed by atoms with Crippen molar-refractivity contribution in [3.63, 3.8) is 0 Å². The van der Waals surface area contributed by atoms with Crippen molar-refractivity contribution in [1.29, 1.82) is 0 Å². The average Bonchev–Trinajstić information content (AvgIpc) is 3.08. The zero-order valence-electron chi connectivity index (χ0n) is 11.6. The van der Waals surface area contributed by atoms with Gasteiger partial charge in [0.05, 0.1) is 11.7 Å². The van der Waals surface area contributed by atoms with Gasteiger partial charge in [-0.2, -0.15) is 0 Å². The predicted molar refractivity (Wildman–Crippen MR) is 82.2 cm³/mol. The molecule has 2 aromatic rings. The Morgan fingerprint density at radius 3 is 2.45 bits per heavy atom. The van der Waals surface area contributed by atoms with E-state index in [1.165, 1.54) is 18.4 Å². The Morgan fingerprint density at radius 2 is 1.90 bits per heavy atom. The molecule has 1 aliphatic rings. The predicted octanol–water partition coefficient (Wildman–Crippen LogP) is 3.09. The van der Waals surface area contributed by atoms with Crippen LogP contribution in [0.25, 0.3) is 0 Å². The highest BCUT2D eigenvalue weighted by atomic mass is 79.9. The normalized spacial score (nSPS) is 19.1. The second-order valence-electron chi connectivity index (χ2n) is 5.60. The van der Waals surface area contributed by atoms with Crippen LogP contribution < -0.4 is 5.73 Å². The molecule has 5 heteroatoms. The van der Waals surface area contributed by atoms with E-state index >= 15 is 0 Å². The molecule has 0 saturated heterocycles. The van der Waals surface area contributed by atoms with Gasteiger partial charge in [-0.05, 0) is 34.3 Å². The Balaban J connectivity index is 2.08. The summed E-state index contributed by atoms with van der Waals surface area (Å²) in [4.78, 5) is 0. The van der Waals surface area contributed by atoms with E-state index in [1.807, 2.05) is 7.05 Å². The van der Waals surface area contributed by atoms with Gasteiger partial charge in [-0.25, -0.2) is 4.68 Å². The van der Waals surface area contributed by atoms with Crippen molar-refractivity contribution in [1.82, 2.24) is 15.0 Å². The third kappa shape index (κ3) is 2.09. The molecule has 106 valence electrons. The molecule has 1 fully saturated rings. The Labute approximate surface area is 127 Å². The van der Waals surface area contributed by atoms with Crippen molar-refractivity contribution >= 4 is 15.9 Å². The third-order valence-electron chi connectivity index (χ3n) is 4.56. The van der Waals surface area contributed by atoms with Gasteiger partial charge in [-0.1, -0.05) is 48.4 Å². The first-order valence-corrected chi connectivity index (χ1v) is 7.80. The quantitative estimate of drug-likeness (QED) is 0.938. The van der Waals surface area contributed by atoms with Gasteiger partial charge in [0.1, 0.15) is 0 Å². The van der Waals surface area contributed by atoms with Crippen LogP contribution in [0.4, 0.5) is 0 Å². The first kappa shape index (κ1) is 13.8. The van der Waals surface area contributed by atoms with Gasteiger partial charge in [0.15, 0.2) is 4.60 Å². The van der Waals surface area contributed by atoms with Crippen LogP contribution in [0.3, 0.4) is 0 Å². The van der Waals surface area contributed by atoms with Crippen molar-refractivity contribution in [2.75, 3.05) is 0 Å². The Hall–Kier alpha value is -1.20. The van der Waals surface area contributed by atoms with Crippen molar-refractivity contribution in [3.8, 4) is 0 Å². The lowest BCUT2D eigenvalue weighted by molar-refractivity contribution is 0.341. The number of hydrogen-bond donors (Lipinski definition) is 1. The van der Waals surface area contributed by atoms with Crippen LogP contribution in [0.1, 0.15) is 43.0 Å². The fourth-order valence-corrected chi connectivity index (χ4v) is 4.06. The first-order chi connectivity index (χ1) is 9.65. The highest BCUT2D eigenvalue weighted by Gasteiger charge is 2.43. The van der Waals surface area contributed by atoms with Crippen molar-refractivity contribution in [2.45, 2.75) is 37.1 Å². The van der Waals surface area contributed by atoms with Crippen LogP contribution in [0, 0.1) is 0 Å². The molecular weight excluding hydrogens is 316 g/mol. The van der Waals surface area contributed by atoms with Gasteiger partial charge in [0, 0.05) is 12.5 Å². The summed E-state index contributed by atoms with van der Waals surface area (Å²) in [5.41, 5.74) is 9.00. The maximum atomic E-state index is 6.68. The molecule has 1 aromatic heterocycles. The van der Waals surface area contributed by atoms with E-state index in [-0.39, 0.29) is 11.5 Å². The number of nitrogens with zero attached hydrogens (tertiary/aromatic N) is 3. The van der Waals surface area contributed by atoms with E-state index < -0.39 is 0 Å². The van der Waals surface area contributed by atoms with E-state index in [9.17, 15) is 0 Å². The summed E-state index contributed by atoms with van der Waals surface area (Å²) in [6.07, 6.45) is 4.70. The molecule has 0 bridgehead atoms. The summed E-state index contributed by atoms with van der Waals surface area (Å²) >= 11 is 3.49. The molecule has 1 aromatic carbocycles. The Morgan fingerprint density at radius 1 is 1.25 bits per heavy atom. The van der Waals surface area contributed by atoms with Gasteiger partial charge in [0.25, 0.3) is 0 Å². The SMILES string of the molecule is Cn1nnc(Br)c1C(N)C1(c2ccccc2)CCCC1. The molecule has 1 heterocycles. The van der Waals surface area contributed by atoms with E-state index in [0.717, 1.165) is 23.1 Å². The van der Waals surface area contributed by atoms with Crippen molar-refractivity contribution in [3.05, 3.63) is 46.2 Å². The smallest absolute Gasteiger partial charge is 0.153 e. The fraction of sp³-hybridized carbons (Fsp3) is 0.467. The van der Waals surface area contributed by atoms with Crippen LogP contribution >= 0.6 is 15.9 Å². The molecule has 2 N–H and O–H groups in total. The molecule has 1 atom stereocenters. The second kappa shape index (κ2) is 5.30.